The molecule has 1 aromatic heterocycles. The van der Waals surface area contributed by atoms with Crippen LogP contribution in [-0.2, 0) is 16.1 Å². The number of benzene rings is 3. The Balaban J connectivity index is 1.16. The van der Waals surface area contributed by atoms with E-state index < -0.39 is 6.36 Å². The van der Waals surface area contributed by atoms with Crippen molar-refractivity contribution in [3.05, 3.63) is 83.9 Å². The normalized spacial score (nSPS) is 16.4. The Morgan fingerprint density at radius 1 is 1.07 bits per heavy atom. The Hall–Kier alpha value is -4.56. The third kappa shape index (κ3) is 7.07. The van der Waals surface area contributed by atoms with Gasteiger partial charge in [0, 0.05) is 5.56 Å². The summed E-state index contributed by atoms with van der Waals surface area (Å²) in [6.45, 7) is 5.66. The molecular weight excluding hydrogens is 607 g/mol. The number of alkyl halides is 3. The summed E-state index contributed by atoms with van der Waals surface area (Å²) in [5.74, 6) is 1.14. The molecule has 3 heterocycles. The van der Waals surface area contributed by atoms with Crippen LogP contribution in [0, 0.1) is 0 Å². The maximum absolute atomic E-state index is 12.8. The summed E-state index contributed by atoms with van der Waals surface area (Å²) in [7, 11) is 0. The Morgan fingerprint density at radius 3 is 2.47 bits per heavy atom. The number of carbonyl (C=O) groups is 1. The van der Waals surface area contributed by atoms with E-state index in [0.717, 1.165) is 22.4 Å². The van der Waals surface area contributed by atoms with Crippen molar-refractivity contribution in [3.8, 4) is 22.8 Å². The lowest BCUT2D eigenvalue weighted by Gasteiger charge is -2.27. The molecule has 3 aromatic carbocycles. The summed E-state index contributed by atoms with van der Waals surface area (Å²) < 4.78 is 48.6. The molecular formula is C31H30F3N7O3S. The molecule has 0 unspecified atom stereocenters. The van der Waals surface area contributed by atoms with Crippen LogP contribution in [0.3, 0.4) is 0 Å². The predicted molar refractivity (Wildman–Crippen MR) is 166 cm³/mol. The van der Waals surface area contributed by atoms with Gasteiger partial charge in [-0.05, 0) is 47.4 Å². The van der Waals surface area contributed by atoms with Crippen LogP contribution in [0.4, 0.5) is 24.8 Å². The van der Waals surface area contributed by atoms with Gasteiger partial charge >= 0.3 is 6.36 Å². The number of amides is 1. The van der Waals surface area contributed by atoms with Gasteiger partial charge < -0.3 is 20.2 Å². The van der Waals surface area contributed by atoms with Crippen LogP contribution in [0.5, 0.6) is 5.75 Å². The Labute approximate surface area is 261 Å². The van der Waals surface area contributed by atoms with Crippen LogP contribution in [0.25, 0.3) is 17.1 Å². The second kappa shape index (κ2) is 12.8. The van der Waals surface area contributed by atoms with Gasteiger partial charge in [-0.1, -0.05) is 68.1 Å². The SMILES string of the molecule is CC(C)c1ccccc1N1C(=O)CS/C1=N\NCc1ccc(-c2nc(NC3COC3)n(-c3ccc(OC(F)(F)F)cc3)n2)cc1. The third-order valence-electron chi connectivity index (χ3n) is 7.13. The highest BCUT2D eigenvalue weighted by atomic mass is 32.2. The highest BCUT2D eigenvalue weighted by Crippen LogP contribution is 2.33. The fraction of sp³-hybridized carbons (Fsp3) is 0.290. The second-order valence-corrected chi connectivity index (χ2v) is 11.7. The molecule has 0 bridgehead atoms. The molecule has 14 heteroatoms. The zero-order valence-electron chi connectivity index (χ0n) is 24.4. The smallest absolute Gasteiger partial charge is 0.406 e. The van der Waals surface area contributed by atoms with Crippen molar-refractivity contribution in [2.24, 2.45) is 5.10 Å². The van der Waals surface area contributed by atoms with Crippen molar-refractivity contribution in [1.82, 2.24) is 20.2 Å². The van der Waals surface area contributed by atoms with E-state index in [4.69, 9.17) is 4.74 Å². The summed E-state index contributed by atoms with van der Waals surface area (Å²) >= 11 is 1.40. The van der Waals surface area contributed by atoms with Crippen molar-refractivity contribution in [3.63, 3.8) is 0 Å². The van der Waals surface area contributed by atoms with Gasteiger partial charge in [0.1, 0.15) is 5.75 Å². The number of hydrazone groups is 1. The number of thioether (sulfide) groups is 1. The Morgan fingerprint density at radius 2 is 1.80 bits per heavy atom. The number of hydrogen-bond donors (Lipinski definition) is 2. The van der Waals surface area contributed by atoms with Gasteiger partial charge in [0.2, 0.25) is 11.9 Å². The van der Waals surface area contributed by atoms with E-state index in [2.05, 4.69) is 44.5 Å². The molecule has 0 saturated carbocycles. The fourth-order valence-corrected chi connectivity index (χ4v) is 5.67. The molecule has 234 valence electrons. The summed E-state index contributed by atoms with van der Waals surface area (Å²) in [5, 5.41) is 13.1. The molecule has 2 fully saturated rings. The second-order valence-electron chi connectivity index (χ2n) is 10.7. The van der Waals surface area contributed by atoms with Crippen molar-refractivity contribution < 1.29 is 27.4 Å². The maximum Gasteiger partial charge on any atom is 0.573 e. The van der Waals surface area contributed by atoms with Crippen molar-refractivity contribution >= 4 is 34.5 Å². The number of anilines is 2. The number of nitrogens with zero attached hydrogens (tertiary/aromatic N) is 5. The van der Waals surface area contributed by atoms with Crippen LogP contribution in [0.15, 0.2) is 77.9 Å². The van der Waals surface area contributed by atoms with Gasteiger partial charge in [0.15, 0.2) is 11.0 Å². The van der Waals surface area contributed by atoms with E-state index in [0.29, 0.717) is 48.1 Å². The first-order chi connectivity index (χ1) is 21.6. The number of halogens is 3. The minimum atomic E-state index is -4.78. The number of carbonyl (C=O) groups excluding carboxylic acids is 1. The number of para-hydroxylation sites is 1. The molecule has 45 heavy (non-hydrogen) atoms. The maximum atomic E-state index is 12.8. The molecule has 2 aliphatic heterocycles. The summed E-state index contributed by atoms with van der Waals surface area (Å²) in [5.41, 5.74) is 7.25. The summed E-state index contributed by atoms with van der Waals surface area (Å²) in [6, 6.07) is 21.0. The summed E-state index contributed by atoms with van der Waals surface area (Å²) in [6.07, 6.45) is -4.78. The molecule has 2 N–H and O–H groups in total. The number of rotatable bonds is 10. The molecule has 4 aromatic rings. The third-order valence-corrected chi connectivity index (χ3v) is 8.05. The lowest BCUT2D eigenvalue weighted by Crippen LogP contribution is -2.41. The van der Waals surface area contributed by atoms with Crippen molar-refractivity contribution in [2.45, 2.75) is 38.7 Å². The highest BCUT2D eigenvalue weighted by Gasteiger charge is 2.32. The topological polar surface area (TPSA) is 106 Å². The van der Waals surface area contributed by atoms with Gasteiger partial charge in [-0.3, -0.25) is 9.69 Å². The molecule has 2 saturated heterocycles. The minimum absolute atomic E-state index is 0.00535. The minimum Gasteiger partial charge on any atom is -0.406 e. The number of amidine groups is 1. The Bertz CT molecular complexity index is 1690. The largest absolute Gasteiger partial charge is 0.573 e. The molecule has 0 atom stereocenters. The van der Waals surface area contributed by atoms with E-state index in [9.17, 15) is 18.0 Å². The molecule has 6 rings (SSSR count). The van der Waals surface area contributed by atoms with Gasteiger partial charge in [-0.2, -0.15) is 14.8 Å². The van der Waals surface area contributed by atoms with Gasteiger partial charge in [-0.25, -0.2) is 0 Å². The van der Waals surface area contributed by atoms with Crippen LogP contribution < -0.4 is 20.4 Å². The number of ether oxygens (including phenoxy) is 2. The molecule has 0 radical (unpaired) electrons. The monoisotopic (exact) mass is 637 g/mol. The fourth-order valence-electron chi connectivity index (χ4n) is 4.83. The predicted octanol–water partition coefficient (Wildman–Crippen LogP) is 5.91. The van der Waals surface area contributed by atoms with Crippen LogP contribution >= 0.6 is 11.8 Å². The van der Waals surface area contributed by atoms with Crippen molar-refractivity contribution in [2.75, 3.05) is 29.2 Å². The zero-order chi connectivity index (χ0) is 31.6. The first-order valence-electron chi connectivity index (χ1n) is 14.3. The van der Waals surface area contributed by atoms with Crippen LogP contribution in [0.1, 0.15) is 30.9 Å². The molecule has 2 aliphatic rings. The quantitative estimate of drug-likeness (QED) is 0.207. The van der Waals surface area contributed by atoms with E-state index in [1.165, 1.54) is 36.0 Å². The van der Waals surface area contributed by atoms with Gasteiger partial charge in [0.05, 0.1) is 42.9 Å². The first-order valence-corrected chi connectivity index (χ1v) is 15.3. The van der Waals surface area contributed by atoms with Crippen LogP contribution in [0.2, 0.25) is 0 Å². The van der Waals surface area contributed by atoms with Gasteiger partial charge in [-0.15, -0.1) is 18.3 Å². The zero-order valence-corrected chi connectivity index (χ0v) is 25.2. The number of hydrogen-bond acceptors (Lipinski definition) is 9. The standard InChI is InChI=1S/C31H30F3N7O3S/c1-19(2)25-5-3-4-6-26(25)40-27(42)18-45-30(40)38-35-15-20-7-9-21(10-8-20)28-37-29(36-22-16-43-17-22)41(39-28)23-11-13-24(14-12-23)44-31(32,33)34/h3-14,19,22,35H,15-18H2,1-2H3,(H,36,37,39)/b38-30-. The van der Waals surface area contributed by atoms with E-state index in [1.54, 1.807) is 9.58 Å². The highest BCUT2D eigenvalue weighted by molar-refractivity contribution is 8.15. The Kier molecular flexibility index (Phi) is 8.67. The molecule has 0 spiro atoms. The van der Waals surface area contributed by atoms with Crippen LogP contribution in [-0.4, -0.2) is 57.2 Å². The summed E-state index contributed by atoms with van der Waals surface area (Å²) in [4.78, 5) is 19.1. The lowest BCUT2D eigenvalue weighted by molar-refractivity contribution is -0.274. The molecule has 1 amide bonds. The first kappa shape index (κ1) is 30.5. The molecule has 0 aliphatic carbocycles. The van der Waals surface area contributed by atoms with E-state index in [1.807, 2.05) is 48.5 Å². The van der Waals surface area contributed by atoms with Crippen molar-refractivity contribution in [1.29, 1.82) is 0 Å². The average Bonchev–Trinajstić information content (AvgIpc) is 3.58. The lowest BCUT2D eigenvalue weighted by atomic mass is 10.0. The van der Waals surface area contributed by atoms with E-state index in [-0.39, 0.29) is 23.6 Å². The number of nitrogens with one attached hydrogen (secondary N) is 2. The molecule has 10 nitrogen and oxygen atoms in total. The number of aromatic nitrogens is 3. The average molecular weight is 638 g/mol. The van der Waals surface area contributed by atoms with E-state index >= 15 is 0 Å². The van der Waals surface area contributed by atoms with Gasteiger partial charge in [0.25, 0.3) is 0 Å².